The molecule has 0 saturated carbocycles. The molecule has 16 amide bonds. The van der Waals surface area contributed by atoms with Crippen molar-refractivity contribution in [3.63, 3.8) is 0 Å². The van der Waals surface area contributed by atoms with Crippen LogP contribution in [0.5, 0.6) is 0 Å². The van der Waals surface area contributed by atoms with E-state index >= 15 is 0 Å². The minimum Gasteiger partial charge on any atom is -0.379 e. The van der Waals surface area contributed by atoms with Crippen LogP contribution in [0, 0.1) is 23.7 Å². The van der Waals surface area contributed by atoms with E-state index < -0.39 is 179 Å². The normalized spacial score (nSPS) is 17.6. The van der Waals surface area contributed by atoms with Crippen LogP contribution in [0.15, 0.2) is 0 Å². The number of ether oxygens (including phenoxy) is 3. The van der Waals surface area contributed by atoms with Gasteiger partial charge in [-0.1, -0.05) is 68.2 Å². The Kier molecular flexibility index (Phi) is 50.5. The molecule has 668 valence electrons. The summed E-state index contributed by atoms with van der Waals surface area (Å²) in [6.07, 6.45) is 4.45. The third-order valence-corrected chi connectivity index (χ3v) is 20.9. The molecule has 2 saturated heterocycles. The van der Waals surface area contributed by atoms with Gasteiger partial charge in [0.2, 0.25) is 94.5 Å². The van der Waals surface area contributed by atoms with Crippen LogP contribution in [0.3, 0.4) is 0 Å². The molecule has 39 nitrogen and oxygen atoms in total. The summed E-state index contributed by atoms with van der Waals surface area (Å²) in [5, 5.41) is 38.3. The third-order valence-electron chi connectivity index (χ3n) is 20.9. The largest absolute Gasteiger partial charge is 0.379 e. The van der Waals surface area contributed by atoms with Crippen LogP contribution < -0.4 is 97.4 Å². The maximum Gasteiger partial charge on any atom is 0.246 e. The minimum atomic E-state index is -1.38. The first-order valence-electron chi connectivity index (χ1n) is 41.7. The second-order valence-electron chi connectivity index (χ2n) is 31.0. The quantitative estimate of drug-likeness (QED) is 0.0261. The van der Waals surface area contributed by atoms with E-state index in [-0.39, 0.29) is 128 Å². The molecule has 39 heteroatoms. The monoisotopic (exact) mass is 1660 g/mol. The topological polar surface area (TPSA) is 580 Å². The Morgan fingerprint density at radius 1 is 0.359 bits per heavy atom. The number of carbonyl (C=O) groups is 16. The number of hydrogen-bond acceptors (Lipinski definition) is 23. The number of nitrogens with zero attached hydrogens (tertiary/aromatic N) is 2. The van der Waals surface area contributed by atoms with Crippen molar-refractivity contribution in [1.82, 2.24) is 84.2 Å². The zero-order valence-corrected chi connectivity index (χ0v) is 71.6. The van der Waals surface area contributed by atoms with Crippen LogP contribution >= 0.6 is 0 Å². The van der Waals surface area contributed by atoms with Gasteiger partial charge in [0.15, 0.2) is 0 Å². The minimum absolute atomic E-state index is 0.161. The molecular formula is C78H142N20O19. The molecule has 22 N–H and O–H groups in total. The van der Waals surface area contributed by atoms with E-state index in [1.165, 1.54) is 23.6 Å². The van der Waals surface area contributed by atoms with Gasteiger partial charge in [-0.25, -0.2) is 0 Å². The average Bonchev–Trinajstić information content (AvgIpc) is 1.70. The highest BCUT2D eigenvalue weighted by Crippen LogP contribution is 2.24. The predicted octanol–water partition coefficient (Wildman–Crippen LogP) is -3.67. The Hall–Kier alpha value is -8.76. The number of unbranched alkanes of at least 4 members (excludes halogenated alkanes) is 2. The van der Waals surface area contributed by atoms with E-state index in [9.17, 15) is 76.7 Å². The van der Waals surface area contributed by atoms with Crippen LogP contribution in [0.1, 0.15) is 199 Å². The van der Waals surface area contributed by atoms with Gasteiger partial charge >= 0.3 is 0 Å². The lowest BCUT2D eigenvalue weighted by Crippen LogP contribution is -2.60. The average molecular weight is 1660 g/mol. The summed E-state index contributed by atoms with van der Waals surface area (Å²) in [5.41, 5.74) is 22.4. The van der Waals surface area contributed by atoms with Gasteiger partial charge in [-0.15, -0.1) is 0 Å². The lowest BCUT2D eigenvalue weighted by molar-refractivity contribution is -0.143. The summed E-state index contributed by atoms with van der Waals surface area (Å²) in [5.74, 6) is -11.5. The summed E-state index contributed by atoms with van der Waals surface area (Å²) in [7, 11) is 3.24. The van der Waals surface area contributed by atoms with Crippen LogP contribution in [-0.4, -0.2) is 282 Å². The number of carbonyl (C=O) groups excluding carboxylic acids is 16. The molecule has 0 aromatic heterocycles. The van der Waals surface area contributed by atoms with E-state index in [2.05, 4.69) is 74.4 Å². The maximum absolute atomic E-state index is 14.0. The van der Waals surface area contributed by atoms with Crippen molar-refractivity contribution in [2.45, 2.75) is 283 Å². The molecule has 2 aliphatic rings. The molecule has 0 aromatic rings. The lowest BCUT2D eigenvalue weighted by Gasteiger charge is -2.32. The molecule has 0 radical (unpaired) electrons. The van der Waals surface area contributed by atoms with Crippen LogP contribution in [0.25, 0.3) is 0 Å². The van der Waals surface area contributed by atoms with Crippen molar-refractivity contribution in [1.29, 1.82) is 0 Å². The third kappa shape index (κ3) is 37.8. The Morgan fingerprint density at radius 3 is 0.983 bits per heavy atom. The molecule has 0 aromatic carbocycles. The molecule has 2 fully saturated rings. The van der Waals surface area contributed by atoms with Crippen molar-refractivity contribution in [2.75, 3.05) is 93.0 Å². The summed E-state index contributed by atoms with van der Waals surface area (Å²) in [6, 6.07) is -14.6. The van der Waals surface area contributed by atoms with Gasteiger partial charge in [0, 0.05) is 52.2 Å². The highest BCUT2D eigenvalue weighted by atomic mass is 16.5. The number of nitrogens with two attached hydrogens (primary N) is 4. The molecule has 2 rings (SSSR count). The van der Waals surface area contributed by atoms with Crippen LogP contribution in [-0.2, 0) is 90.9 Å². The lowest BCUT2D eigenvalue weighted by atomic mass is 9.97. The molecule has 16 atom stereocenters. The second kappa shape index (κ2) is 56.6. The number of likely N-dealkylation sites (tertiary alicyclic amines) is 2. The molecule has 0 aliphatic carbocycles. The number of hydrogen-bond donors (Lipinski definition) is 18. The molecule has 0 spiro atoms. The summed E-state index contributed by atoms with van der Waals surface area (Å²) >= 11 is 0. The summed E-state index contributed by atoms with van der Waals surface area (Å²) < 4.78 is 17.0. The van der Waals surface area contributed by atoms with E-state index in [4.69, 9.17) is 37.1 Å². The molecule has 2 unspecified atom stereocenters. The van der Waals surface area contributed by atoms with Gasteiger partial charge in [-0.2, -0.15) is 0 Å². The van der Waals surface area contributed by atoms with Gasteiger partial charge in [0.25, 0.3) is 0 Å². The summed E-state index contributed by atoms with van der Waals surface area (Å²) in [4.78, 5) is 219. The van der Waals surface area contributed by atoms with Crippen molar-refractivity contribution in [3.05, 3.63) is 0 Å². The fourth-order valence-electron chi connectivity index (χ4n) is 12.8. The maximum atomic E-state index is 14.0. The standard InChI is InChI=1S/C78H142N20O19/c1-15-47(7)63(95-73(109)57-27-21-37-97(57)77(113)61(45(3)4)93-65(101)49(9)83-13)75(111)87-51(11)67(103)89-55(29-31-59(81)99)71(107)91-53(25-17-19-33-79)69(105)85-35-23-39-115-41-43-117-44-42-116-40-24-36-86-70(106)54(26-18-20-34-80)92-72(108)56(30-32-60(82)100)90-68(104)52(12)88-76(112)64(48(8)16-2)96-74(110)58-28-22-38-98(58)78(114)62(46(5)6)94-66(102)50(10)84-14/h45-58,61-64,83-84H,15-44,79-80H2,1-14H3,(H2,81,99)(H2,82,100)(H,85,105)(H,86,106)(H,87,111)(H,88,112)(H,89,103)(H,90,104)(H,91,107)(H,92,108)(H,93,101)(H,94,102)(H,95,109)(H,96,110)/t47-,48-,49-,50-,51-,52-,53-,54-,55-,56?,57-,58-,61?,62-,63-,64-/m0/s1. The highest BCUT2D eigenvalue weighted by Gasteiger charge is 2.44. The SMILES string of the molecule is CC[C@H](C)[C@H](NC(=O)[C@@H]1CCCN1C(=O)C(NC(=O)[C@H](C)NC)C(C)C)C(=O)N[C@@H](C)C(=O)N[C@@H](CCC(N)=O)C(=O)N[C@@H](CCCCN)C(=O)NCCCOCCOCCOCCCNC(=O)[C@H](CCCCN)NC(=O)C(CCC(N)=O)NC(=O)[C@H](C)NC(=O)[C@@H](NC(=O)[C@@H]1CCCN1C(=O)[C@@H](NC(=O)[C@H](C)NC)C(C)C)[C@@H](C)CC. The first-order valence-corrected chi connectivity index (χ1v) is 41.7. The van der Waals surface area contributed by atoms with Crippen LogP contribution in [0.2, 0.25) is 0 Å². The Balaban J connectivity index is 1.92. The van der Waals surface area contributed by atoms with E-state index in [0.717, 1.165) is 0 Å². The Bertz CT molecular complexity index is 2990. The van der Waals surface area contributed by atoms with Gasteiger partial charge < -0.3 is 121 Å². The molecule has 0 bridgehead atoms. The van der Waals surface area contributed by atoms with E-state index in [1.54, 1.807) is 69.5 Å². The Labute approximate surface area is 689 Å². The van der Waals surface area contributed by atoms with Crippen molar-refractivity contribution >= 4 is 94.5 Å². The predicted molar refractivity (Wildman–Crippen MR) is 436 cm³/mol. The summed E-state index contributed by atoms with van der Waals surface area (Å²) in [6.45, 7) is 23.1. The fraction of sp³-hybridized carbons (Fsp3) is 0.795. The van der Waals surface area contributed by atoms with E-state index in [0.29, 0.717) is 90.1 Å². The zero-order valence-electron chi connectivity index (χ0n) is 71.6. The number of nitrogens with one attached hydrogen (secondary N) is 14. The number of rotatable bonds is 60. The number of amides is 16. The van der Waals surface area contributed by atoms with Gasteiger partial charge in [-0.05, 0) is 168 Å². The smallest absolute Gasteiger partial charge is 0.246 e. The van der Waals surface area contributed by atoms with Crippen molar-refractivity contribution in [2.24, 2.45) is 46.6 Å². The highest BCUT2D eigenvalue weighted by molar-refractivity contribution is 6.00. The first-order chi connectivity index (χ1) is 55.4. The van der Waals surface area contributed by atoms with Gasteiger partial charge in [0.1, 0.15) is 72.5 Å². The van der Waals surface area contributed by atoms with E-state index in [1.807, 2.05) is 13.8 Å². The van der Waals surface area contributed by atoms with Gasteiger partial charge in [0.05, 0.1) is 38.5 Å². The number of primary amides is 2. The number of likely N-dealkylation sites (N-methyl/N-ethyl adjacent to an activating group) is 2. The fourth-order valence-corrected chi connectivity index (χ4v) is 12.8. The zero-order chi connectivity index (χ0) is 88.0. The Morgan fingerprint density at radius 2 is 0.675 bits per heavy atom. The molecule has 117 heavy (non-hydrogen) atoms. The molecular weight excluding hydrogens is 1520 g/mol. The van der Waals surface area contributed by atoms with Crippen LogP contribution in [0.4, 0.5) is 0 Å². The van der Waals surface area contributed by atoms with Crippen molar-refractivity contribution in [3.8, 4) is 0 Å². The van der Waals surface area contributed by atoms with Gasteiger partial charge in [-0.3, -0.25) is 76.7 Å². The molecule has 2 heterocycles. The second-order valence-corrected chi connectivity index (χ2v) is 31.0. The van der Waals surface area contributed by atoms with Crippen molar-refractivity contribution < 1.29 is 90.9 Å². The molecule has 2 aliphatic heterocycles. The first kappa shape index (κ1) is 104.